The van der Waals surface area contributed by atoms with E-state index in [4.69, 9.17) is 11.6 Å². The standard InChI is InChI=1S/C25H20ClN3O2/c1-13-3-7-16-18(12-28-20(16)9-13)22-23(25(31)29-24(22)30)21-17-10-14(11-27-2)4-5-15(17)6-8-19(21)26/h3-10,12,27-28H,11H2,1-2H3,(H,29,30,31). The Balaban J connectivity index is 1.84. The summed E-state index contributed by atoms with van der Waals surface area (Å²) in [6, 6.07) is 15.7. The third-order valence-electron chi connectivity index (χ3n) is 5.70. The van der Waals surface area contributed by atoms with Crippen molar-refractivity contribution in [3.63, 3.8) is 0 Å². The van der Waals surface area contributed by atoms with Crippen LogP contribution in [0.4, 0.5) is 0 Å². The lowest BCUT2D eigenvalue weighted by atomic mass is 9.91. The fraction of sp³-hybridized carbons (Fsp3) is 0.120. The van der Waals surface area contributed by atoms with Gasteiger partial charge >= 0.3 is 0 Å². The van der Waals surface area contributed by atoms with Crippen LogP contribution in [0.3, 0.4) is 0 Å². The molecule has 6 heteroatoms. The maximum absolute atomic E-state index is 13.0. The Hall–Kier alpha value is -3.41. The predicted octanol–water partition coefficient (Wildman–Crippen LogP) is 4.57. The molecule has 2 amide bonds. The van der Waals surface area contributed by atoms with Gasteiger partial charge in [-0.25, -0.2) is 0 Å². The van der Waals surface area contributed by atoms with Gasteiger partial charge in [-0.3, -0.25) is 14.9 Å². The number of rotatable bonds is 4. The number of hydrogen-bond acceptors (Lipinski definition) is 3. The van der Waals surface area contributed by atoms with E-state index in [0.29, 0.717) is 33.8 Å². The summed E-state index contributed by atoms with van der Waals surface area (Å²) in [7, 11) is 1.88. The van der Waals surface area contributed by atoms with Crippen molar-refractivity contribution in [2.45, 2.75) is 13.5 Å². The van der Waals surface area contributed by atoms with Gasteiger partial charge in [0.2, 0.25) is 0 Å². The first-order valence-electron chi connectivity index (χ1n) is 10.0. The minimum atomic E-state index is -0.435. The average Bonchev–Trinajstić information content (AvgIpc) is 3.27. The highest BCUT2D eigenvalue weighted by molar-refractivity contribution is 6.52. The highest BCUT2D eigenvalue weighted by Crippen LogP contribution is 2.40. The van der Waals surface area contributed by atoms with Gasteiger partial charge in [-0.05, 0) is 54.1 Å². The molecule has 0 unspecified atom stereocenters. The van der Waals surface area contributed by atoms with Crippen molar-refractivity contribution in [3.8, 4) is 0 Å². The number of hydrogen-bond donors (Lipinski definition) is 3. The van der Waals surface area contributed by atoms with E-state index in [9.17, 15) is 9.59 Å². The second kappa shape index (κ2) is 7.38. The largest absolute Gasteiger partial charge is 0.361 e. The average molecular weight is 430 g/mol. The minimum Gasteiger partial charge on any atom is -0.361 e. The summed E-state index contributed by atoms with van der Waals surface area (Å²) in [5, 5.41) is 8.73. The van der Waals surface area contributed by atoms with Gasteiger partial charge in [-0.2, -0.15) is 0 Å². The van der Waals surface area contributed by atoms with Crippen LogP contribution in [-0.4, -0.2) is 23.8 Å². The number of carbonyl (C=O) groups excluding carboxylic acids is 2. The van der Waals surface area contributed by atoms with Crippen molar-refractivity contribution >= 4 is 56.2 Å². The number of aromatic nitrogens is 1. The molecule has 1 aliphatic heterocycles. The molecule has 0 atom stereocenters. The van der Waals surface area contributed by atoms with Crippen molar-refractivity contribution in [2.75, 3.05) is 7.05 Å². The quantitative estimate of drug-likeness (QED) is 0.416. The first-order chi connectivity index (χ1) is 15.0. The number of benzene rings is 3. The van der Waals surface area contributed by atoms with Crippen LogP contribution in [0.15, 0.2) is 54.7 Å². The third-order valence-corrected chi connectivity index (χ3v) is 6.02. The van der Waals surface area contributed by atoms with Gasteiger partial charge in [-0.1, -0.05) is 41.9 Å². The highest BCUT2D eigenvalue weighted by atomic mass is 35.5. The molecule has 1 aromatic heterocycles. The zero-order valence-electron chi connectivity index (χ0n) is 17.1. The summed E-state index contributed by atoms with van der Waals surface area (Å²) < 4.78 is 0. The van der Waals surface area contributed by atoms with Crippen LogP contribution in [0.25, 0.3) is 32.8 Å². The summed E-state index contributed by atoms with van der Waals surface area (Å²) in [6.45, 7) is 2.69. The van der Waals surface area contributed by atoms with Crippen molar-refractivity contribution in [1.29, 1.82) is 0 Å². The first kappa shape index (κ1) is 19.5. The van der Waals surface area contributed by atoms with Crippen LogP contribution in [0.5, 0.6) is 0 Å². The molecule has 4 aromatic rings. The van der Waals surface area contributed by atoms with E-state index < -0.39 is 11.8 Å². The number of aryl methyl sites for hydroxylation is 1. The highest BCUT2D eigenvalue weighted by Gasteiger charge is 2.35. The molecule has 3 N–H and O–H groups in total. The van der Waals surface area contributed by atoms with Crippen LogP contribution in [-0.2, 0) is 16.1 Å². The van der Waals surface area contributed by atoms with Gasteiger partial charge in [0, 0.05) is 39.8 Å². The maximum atomic E-state index is 13.0. The molecule has 2 heterocycles. The zero-order chi connectivity index (χ0) is 21.7. The minimum absolute atomic E-state index is 0.309. The normalized spacial score (nSPS) is 14.2. The third kappa shape index (κ3) is 3.14. The maximum Gasteiger partial charge on any atom is 0.259 e. The van der Waals surface area contributed by atoms with Crippen molar-refractivity contribution < 1.29 is 9.59 Å². The van der Waals surface area contributed by atoms with E-state index in [1.54, 1.807) is 12.3 Å². The summed E-state index contributed by atoms with van der Waals surface area (Å²) >= 11 is 6.64. The van der Waals surface area contributed by atoms with Gasteiger partial charge in [-0.15, -0.1) is 0 Å². The van der Waals surface area contributed by atoms with Crippen LogP contribution in [0, 0.1) is 6.92 Å². The lowest BCUT2D eigenvalue weighted by Crippen LogP contribution is -2.22. The number of fused-ring (bicyclic) bond motifs is 2. The molecular weight excluding hydrogens is 410 g/mol. The SMILES string of the molecule is CNCc1ccc2ccc(Cl)c(C3=C(c4c[nH]c5cc(C)ccc45)C(=O)NC3=O)c2c1. The molecule has 1 aliphatic rings. The Morgan fingerprint density at radius 3 is 2.52 bits per heavy atom. The summed E-state index contributed by atoms with van der Waals surface area (Å²) in [5.74, 6) is -0.851. The van der Waals surface area contributed by atoms with Gasteiger partial charge in [0.25, 0.3) is 11.8 Å². The molecule has 0 saturated heterocycles. The fourth-order valence-corrected chi connectivity index (χ4v) is 4.57. The Labute approximate surface area is 184 Å². The molecule has 0 spiro atoms. The van der Waals surface area contributed by atoms with Crippen LogP contribution in [0.2, 0.25) is 5.02 Å². The van der Waals surface area contributed by atoms with E-state index in [0.717, 1.165) is 32.8 Å². The molecule has 0 aliphatic carbocycles. The zero-order valence-corrected chi connectivity index (χ0v) is 17.9. The lowest BCUT2D eigenvalue weighted by Gasteiger charge is -2.12. The number of halogens is 1. The van der Waals surface area contributed by atoms with Gasteiger partial charge in [0.05, 0.1) is 11.1 Å². The molecule has 31 heavy (non-hydrogen) atoms. The van der Waals surface area contributed by atoms with E-state index in [1.165, 1.54) is 0 Å². The second-order valence-electron chi connectivity index (χ2n) is 7.79. The molecule has 0 bridgehead atoms. The van der Waals surface area contributed by atoms with E-state index in [1.807, 2.05) is 56.4 Å². The number of nitrogens with one attached hydrogen (secondary N) is 3. The molecule has 0 fully saturated rings. The van der Waals surface area contributed by atoms with E-state index >= 15 is 0 Å². The Morgan fingerprint density at radius 1 is 0.935 bits per heavy atom. The number of carbonyl (C=O) groups is 2. The van der Waals surface area contributed by atoms with Gasteiger partial charge in [0.15, 0.2) is 0 Å². The summed E-state index contributed by atoms with van der Waals surface area (Å²) in [5.41, 5.74) is 5.00. The summed E-state index contributed by atoms with van der Waals surface area (Å²) in [4.78, 5) is 29.2. The van der Waals surface area contributed by atoms with Gasteiger partial charge < -0.3 is 10.3 Å². The molecule has 5 rings (SSSR count). The monoisotopic (exact) mass is 429 g/mol. The van der Waals surface area contributed by atoms with Gasteiger partial charge in [0.1, 0.15) is 0 Å². The van der Waals surface area contributed by atoms with E-state index in [2.05, 4.69) is 15.6 Å². The molecule has 0 saturated carbocycles. The van der Waals surface area contributed by atoms with Crippen molar-refractivity contribution in [1.82, 2.24) is 15.6 Å². The van der Waals surface area contributed by atoms with Crippen molar-refractivity contribution in [3.05, 3.63) is 82.0 Å². The Bertz CT molecular complexity index is 1430. The lowest BCUT2D eigenvalue weighted by molar-refractivity contribution is -0.122. The topological polar surface area (TPSA) is 74.0 Å². The van der Waals surface area contributed by atoms with Crippen LogP contribution in [0.1, 0.15) is 22.3 Å². The Morgan fingerprint density at radius 2 is 1.71 bits per heavy atom. The molecule has 0 radical (unpaired) electrons. The number of imide groups is 1. The number of amides is 2. The van der Waals surface area contributed by atoms with E-state index in [-0.39, 0.29) is 0 Å². The van der Waals surface area contributed by atoms with Crippen LogP contribution < -0.4 is 10.6 Å². The number of aromatic amines is 1. The molecule has 3 aromatic carbocycles. The number of H-pyrrole nitrogens is 1. The smallest absolute Gasteiger partial charge is 0.259 e. The Kier molecular flexibility index (Phi) is 4.65. The molecular formula is C25H20ClN3O2. The van der Waals surface area contributed by atoms with Crippen LogP contribution >= 0.6 is 11.6 Å². The second-order valence-corrected chi connectivity index (χ2v) is 8.20. The van der Waals surface area contributed by atoms with Crippen molar-refractivity contribution in [2.24, 2.45) is 0 Å². The predicted molar refractivity (Wildman–Crippen MR) is 125 cm³/mol. The summed E-state index contributed by atoms with van der Waals surface area (Å²) in [6.07, 6.45) is 1.78. The molecule has 5 nitrogen and oxygen atoms in total. The fourth-order valence-electron chi connectivity index (χ4n) is 4.31. The first-order valence-corrected chi connectivity index (χ1v) is 10.4. The molecule has 154 valence electrons.